The summed E-state index contributed by atoms with van der Waals surface area (Å²) in [7, 11) is 0. The maximum absolute atomic E-state index is 6.01. The molecule has 142 valence electrons. The van der Waals surface area contributed by atoms with Crippen molar-refractivity contribution >= 4 is 5.96 Å². The van der Waals surface area contributed by atoms with Gasteiger partial charge in [0.15, 0.2) is 5.96 Å². The molecule has 0 saturated carbocycles. The number of aromatic nitrogens is 2. The number of guanidine groups is 1. The second kappa shape index (κ2) is 11.2. The monoisotopic (exact) mass is 357 g/mol. The molecule has 2 rings (SSSR count). The molecule has 0 fully saturated rings. The molecular formula is C20H31N5O. The third-order valence-electron chi connectivity index (χ3n) is 3.98. The molecule has 2 aromatic rings. The van der Waals surface area contributed by atoms with Crippen molar-refractivity contribution in [1.82, 2.24) is 20.8 Å². The zero-order chi connectivity index (χ0) is 18.6. The smallest absolute Gasteiger partial charge is 0.191 e. The van der Waals surface area contributed by atoms with Crippen LogP contribution >= 0.6 is 0 Å². The van der Waals surface area contributed by atoms with Crippen LogP contribution in [0.15, 0.2) is 35.5 Å². The topological polar surface area (TPSA) is 74.3 Å². The zero-order valence-electron chi connectivity index (χ0n) is 16.1. The molecule has 1 aromatic carbocycles. The van der Waals surface area contributed by atoms with Gasteiger partial charge in [0.25, 0.3) is 0 Å². The molecule has 0 bridgehead atoms. The van der Waals surface area contributed by atoms with Gasteiger partial charge in [-0.3, -0.25) is 5.10 Å². The minimum Gasteiger partial charge on any atom is -0.493 e. The molecule has 26 heavy (non-hydrogen) atoms. The van der Waals surface area contributed by atoms with Crippen molar-refractivity contribution in [2.24, 2.45) is 4.99 Å². The number of ether oxygens (including phenoxy) is 1. The fourth-order valence-corrected chi connectivity index (χ4v) is 2.53. The molecule has 0 saturated heterocycles. The summed E-state index contributed by atoms with van der Waals surface area (Å²) in [5.74, 6) is 1.72. The molecule has 3 N–H and O–H groups in total. The van der Waals surface area contributed by atoms with Gasteiger partial charge in [0.2, 0.25) is 0 Å². The Hall–Kier alpha value is -2.50. The van der Waals surface area contributed by atoms with Crippen LogP contribution in [-0.4, -0.2) is 29.3 Å². The van der Waals surface area contributed by atoms with Gasteiger partial charge in [-0.1, -0.05) is 31.9 Å². The normalized spacial score (nSPS) is 11.4. The molecule has 6 nitrogen and oxygen atoms in total. The molecule has 0 aliphatic carbocycles. The summed E-state index contributed by atoms with van der Waals surface area (Å²) in [6.07, 6.45) is 5.22. The predicted molar refractivity (Wildman–Crippen MR) is 106 cm³/mol. The lowest BCUT2D eigenvalue weighted by atomic mass is 10.1. The summed E-state index contributed by atoms with van der Waals surface area (Å²) < 4.78 is 6.01. The molecule has 0 spiro atoms. The van der Waals surface area contributed by atoms with Crippen LogP contribution in [0.3, 0.4) is 0 Å². The van der Waals surface area contributed by atoms with Gasteiger partial charge in [-0.25, -0.2) is 4.99 Å². The molecule has 0 radical (unpaired) electrons. The number of hydrogen-bond acceptors (Lipinski definition) is 3. The van der Waals surface area contributed by atoms with Gasteiger partial charge < -0.3 is 15.4 Å². The Morgan fingerprint density at radius 2 is 2.08 bits per heavy atom. The van der Waals surface area contributed by atoms with Crippen LogP contribution in [0, 0.1) is 6.92 Å². The third-order valence-corrected chi connectivity index (χ3v) is 3.98. The van der Waals surface area contributed by atoms with Crippen molar-refractivity contribution in [2.45, 2.75) is 53.1 Å². The van der Waals surface area contributed by atoms with E-state index in [1.807, 2.05) is 6.07 Å². The molecule has 0 atom stereocenters. The summed E-state index contributed by atoms with van der Waals surface area (Å²) in [5.41, 5.74) is 3.32. The first kappa shape index (κ1) is 19.8. The summed E-state index contributed by atoms with van der Waals surface area (Å²) in [6, 6.07) is 8.25. The van der Waals surface area contributed by atoms with E-state index in [2.05, 4.69) is 59.8 Å². The van der Waals surface area contributed by atoms with Crippen molar-refractivity contribution < 1.29 is 4.74 Å². The Balaban J connectivity index is 1.99. The van der Waals surface area contributed by atoms with Gasteiger partial charge in [0.05, 0.1) is 25.4 Å². The summed E-state index contributed by atoms with van der Waals surface area (Å²) in [6.45, 7) is 9.13. The lowest BCUT2D eigenvalue weighted by Crippen LogP contribution is -2.36. The summed E-state index contributed by atoms with van der Waals surface area (Å²) >= 11 is 0. The second-order valence-corrected chi connectivity index (χ2v) is 6.30. The molecule has 0 aliphatic rings. The van der Waals surface area contributed by atoms with Crippen LogP contribution in [0.1, 0.15) is 49.9 Å². The van der Waals surface area contributed by atoms with E-state index in [0.717, 1.165) is 42.5 Å². The standard InChI is InChI=1S/C20H31N5O/c1-4-6-7-12-26-19-13-16(3)8-9-17(19)14-22-20(21-5-2)23-15-18-10-11-24-25-18/h8-11,13H,4-7,12,14-15H2,1-3H3,(H,24,25)(H2,21,22,23). The molecular weight excluding hydrogens is 326 g/mol. The van der Waals surface area contributed by atoms with Crippen molar-refractivity contribution in [1.29, 1.82) is 0 Å². The van der Waals surface area contributed by atoms with Gasteiger partial charge in [0, 0.05) is 18.3 Å². The number of H-pyrrole nitrogens is 1. The maximum atomic E-state index is 6.01. The van der Waals surface area contributed by atoms with E-state index in [4.69, 9.17) is 9.73 Å². The minimum absolute atomic E-state index is 0.571. The van der Waals surface area contributed by atoms with Gasteiger partial charge in [0.1, 0.15) is 5.75 Å². The van der Waals surface area contributed by atoms with Crippen LogP contribution in [0.4, 0.5) is 0 Å². The number of nitrogens with zero attached hydrogens (tertiary/aromatic N) is 2. The van der Waals surface area contributed by atoms with Gasteiger partial charge >= 0.3 is 0 Å². The van der Waals surface area contributed by atoms with E-state index < -0.39 is 0 Å². The molecule has 0 unspecified atom stereocenters. The second-order valence-electron chi connectivity index (χ2n) is 6.30. The van der Waals surface area contributed by atoms with Crippen LogP contribution in [0.5, 0.6) is 5.75 Å². The van der Waals surface area contributed by atoms with E-state index in [0.29, 0.717) is 13.1 Å². The first-order valence-corrected chi connectivity index (χ1v) is 9.45. The highest BCUT2D eigenvalue weighted by atomic mass is 16.5. The highest BCUT2D eigenvalue weighted by Crippen LogP contribution is 2.21. The Kier molecular flexibility index (Phi) is 8.52. The fraction of sp³-hybridized carbons (Fsp3) is 0.500. The molecule has 6 heteroatoms. The molecule has 0 amide bonds. The van der Waals surface area contributed by atoms with Crippen LogP contribution in [-0.2, 0) is 13.1 Å². The average Bonchev–Trinajstić information content (AvgIpc) is 3.16. The van der Waals surface area contributed by atoms with Gasteiger partial charge in [-0.2, -0.15) is 5.10 Å². The van der Waals surface area contributed by atoms with E-state index >= 15 is 0 Å². The predicted octanol–water partition coefficient (Wildman–Crippen LogP) is 3.54. The van der Waals surface area contributed by atoms with E-state index in [9.17, 15) is 0 Å². The van der Waals surface area contributed by atoms with Gasteiger partial charge in [-0.05, 0) is 38.0 Å². The SMILES string of the molecule is CCCCCOc1cc(C)ccc1CN=C(NCC)NCc1ccn[nH]1. The quantitative estimate of drug-likeness (QED) is 0.345. The third kappa shape index (κ3) is 6.78. The average molecular weight is 358 g/mol. The number of nitrogens with one attached hydrogen (secondary N) is 3. The maximum Gasteiger partial charge on any atom is 0.191 e. The van der Waals surface area contributed by atoms with Crippen LogP contribution in [0.25, 0.3) is 0 Å². The first-order valence-electron chi connectivity index (χ1n) is 9.45. The zero-order valence-corrected chi connectivity index (χ0v) is 16.1. The van der Waals surface area contributed by atoms with Crippen LogP contribution < -0.4 is 15.4 Å². The number of aliphatic imine (C=N–C) groups is 1. The first-order chi connectivity index (χ1) is 12.7. The highest BCUT2D eigenvalue weighted by molar-refractivity contribution is 5.79. The number of rotatable bonds is 10. The number of hydrogen-bond donors (Lipinski definition) is 3. The summed E-state index contributed by atoms with van der Waals surface area (Å²) in [4.78, 5) is 4.70. The van der Waals surface area contributed by atoms with E-state index in [1.54, 1.807) is 6.20 Å². The van der Waals surface area contributed by atoms with E-state index in [1.165, 1.54) is 18.4 Å². The Morgan fingerprint density at radius 3 is 2.81 bits per heavy atom. The van der Waals surface area contributed by atoms with E-state index in [-0.39, 0.29) is 0 Å². The number of benzene rings is 1. The summed E-state index contributed by atoms with van der Waals surface area (Å²) in [5, 5.41) is 13.5. The Morgan fingerprint density at radius 1 is 1.19 bits per heavy atom. The molecule has 0 aliphatic heterocycles. The fourth-order valence-electron chi connectivity index (χ4n) is 2.53. The van der Waals surface area contributed by atoms with Crippen molar-refractivity contribution in [3.63, 3.8) is 0 Å². The number of aromatic amines is 1. The Labute approximate surface area is 156 Å². The lowest BCUT2D eigenvalue weighted by molar-refractivity contribution is 0.303. The van der Waals surface area contributed by atoms with Crippen LogP contribution in [0.2, 0.25) is 0 Å². The minimum atomic E-state index is 0.571. The molecule has 1 aromatic heterocycles. The van der Waals surface area contributed by atoms with Gasteiger partial charge in [-0.15, -0.1) is 0 Å². The Bertz CT molecular complexity index is 667. The largest absolute Gasteiger partial charge is 0.493 e. The number of aryl methyl sites for hydroxylation is 1. The van der Waals surface area contributed by atoms with Crippen molar-refractivity contribution in [3.8, 4) is 5.75 Å². The molecule has 1 heterocycles. The van der Waals surface area contributed by atoms with Crippen molar-refractivity contribution in [2.75, 3.05) is 13.2 Å². The van der Waals surface area contributed by atoms with Crippen molar-refractivity contribution in [3.05, 3.63) is 47.3 Å². The number of unbranched alkanes of at least 4 members (excludes halogenated alkanes) is 2. The highest BCUT2D eigenvalue weighted by Gasteiger charge is 2.05. The lowest BCUT2D eigenvalue weighted by Gasteiger charge is -2.13.